The van der Waals surface area contributed by atoms with E-state index in [4.69, 9.17) is 0 Å². The van der Waals surface area contributed by atoms with E-state index in [1.54, 1.807) is 4.90 Å². The highest BCUT2D eigenvalue weighted by Gasteiger charge is 2.49. The van der Waals surface area contributed by atoms with Crippen molar-refractivity contribution < 1.29 is 9.59 Å². The van der Waals surface area contributed by atoms with Crippen molar-refractivity contribution >= 4 is 11.8 Å². The van der Waals surface area contributed by atoms with Crippen LogP contribution in [0.3, 0.4) is 0 Å². The molecule has 1 aromatic rings. The fraction of sp³-hybridized carbons (Fsp3) is 0.591. The summed E-state index contributed by atoms with van der Waals surface area (Å²) in [6.45, 7) is 4.23. The molecule has 5 heteroatoms. The molecule has 0 N–H and O–H groups in total. The summed E-state index contributed by atoms with van der Waals surface area (Å²) in [5.74, 6) is 0.784. The first kappa shape index (κ1) is 18.0. The van der Waals surface area contributed by atoms with Crippen LogP contribution in [0.4, 0.5) is 0 Å². The molecule has 1 aromatic carbocycles. The number of rotatable bonds is 4. The molecule has 4 rings (SSSR count). The normalized spacial score (nSPS) is 27.5. The summed E-state index contributed by atoms with van der Waals surface area (Å²) in [4.78, 5) is 28.8. The first-order chi connectivity index (χ1) is 13.0. The van der Waals surface area contributed by atoms with Crippen LogP contribution in [0.15, 0.2) is 30.3 Å². The molecule has 0 spiro atoms. The molecule has 2 heterocycles. The molecule has 3 aliphatic rings. The third-order valence-corrected chi connectivity index (χ3v) is 6.86. The number of hydrogen-bond donors (Lipinski definition) is 0. The van der Waals surface area contributed by atoms with Crippen LogP contribution < -0.4 is 0 Å². The zero-order valence-corrected chi connectivity index (χ0v) is 16.0. The lowest BCUT2D eigenvalue weighted by Gasteiger charge is -2.38. The van der Waals surface area contributed by atoms with Gasteiger partial charge in [0.25, 0.3) is 0 Å². The van der Waals surface area contributed by atoms with Crippen molar-refractivity contribution in [3.8, 4) is 6.07 Å². The van der Waals surface area contributed by atoms with Gasteiger partial charge in [0.1, 0.15) is 0 Å². The van der Waals surface area contributed by atoms with Gasteiger partial charge in [-0.15, -0.1) is 0 Å². The number of piperidine rings is 1. The van der Waals surface area contributed by atoms with Gasteiger partial charge >= 0.3 is 0 Å². The molecule has 1 aliphatic carbocycles. The molecule has 0 bridgehead atoms. The molecule has 27 heavy (non-hydrogen) atoms. The number of amides is 2. The summed E-state index contributed by atoms with van der Waals surface area (Å²) < 4.78 is 0. The Hall–Kier alpha value is -2.35. The van der Waals surface area contributed by atoms with E-state index >= 15 is 0 Å². The lowest BCUT2D eigenvalue weighted by Crippen LogP contribution is -2.48. The van der Waals surface area contributed by atoms with Crippen molar-refractivity contribution in [1.82, 2.24) is 9.80 Å². The predicted molar refractivity (Wildman–Crippen MR) is 102 cm³/mol. The van der Waals surface area contributed by atoms with E-state index in [1.807, 2.05) is 35.2 Å². The molecule has 3 fully saturated rings. The van der Waals surface area contributed by atoms with Gasteiger partial charge in [0.15, 0.2) is 0 Å². The van der Waals surface area contributed by atoms with E-state index < -0.39 is 5.41 Å². The van der Waals surface area contributed by atoms with Crippen molar-refractivity contribution in [3.63, 3.8) is 0 Å². The predicted octanol–water partition coefficient (Wildman–Crippen LogP) is 2.72. The third-order valence-electron chi connectivity index (χ3n) is 6.86. The summed E-state index contributed by atoms with van der Waals surface area (Å²) in [7, 11) is 0. The fourth-order valence-electron chi connectivity index (χ4n) is 4.86. The summed E-state index contributed by atoms with van der Waals surface area (Å²) in [5.41, 5.74) is 0.587. The van der Waals surface area contributed by atoms with Crippen LogP contribution in [-0.2, 0) is 15.0 Å². The molecule has 1 saturated carbocycles. The second-order valence-electron chi connectivity index (χ2n) is 8.80. The maximum absolute atomic E-state index is 12.8. The van der Waals surface area contributed by atoms with E-state index in [-0.39, 0.29) is 23.8 Å². The Morgan fingerprint density at radius 1 is 1.22 bits per heavy atom. The Kier molecular flexibility index (Phi) is 4.46. The van der Waals surface area contributed by atoms with Gasteiger partial charge in [-0.05, 0) is 42.6 Å². The lowest BCUT2D eigenvalue weighted by atomic mass is 9.74. The van der Waals surface area contributed by atoms with Gasteiger partial charge in [-0.3, -0.25) is 9.59 Å². The van der Waals surface area contributed by atoms with Crippen LogP contribution in [0.2, 0.25) is 0 Å². The number of benzene rings is 1. The molecule has 2 amide bonds. The molecule has 0 radical (unpaired) electrons. The van der Waals surface area contributed by atoms with Gasteiger partial charge in [-0.25, -0.2) is 0 Å². The minimum Gasteiger partial charge on any atom is -0.341 e. The van der Waals surface area contributed by atoms with Gasteiger partial charge in [0, 0.05) is 26.1 Å². The van der Waals surface area contributed by atoms with Gasteiger partial charge in [0.05, 0.1) is 18.0 Å². The molecule has 0 aromatic heterocycles. The minimum atomic E-state index is -0.508. The number of nitrogens with zero attached hydrogens (tertiary/aromatic N) is 3. The molecule has 2 saturated heterocycles. The molecule has 142 valence electrons. The van der Waals surface area contributed by atoms with E-state index in [0.717, 1.165) is 5.56 Å². The summed E-state index contributed by atoms with van der Waals surface area (Å²) in [5, 5.41) is 9.79. The smallest absolute Gasteiger partial charge is 0.242 e. The number of nitriles is 1. The topological polar surface area (TPSA) is 64.4 Å². The zero-order chi connectivity index (χ0) is 19.1. The molecular weight excluding hydrogens is 338 g/mol. The highest BCUT2D eigenvalue weighted by Crippen LogP contribution is 2.50. The maximum Gasteiger partial charge on any atom is 0.242 e. The SMILES string of the molecule is C[C@@]1(C2CC2)CC(=O)N(CC(=O)N2CCC(C#N)(c3ccccc3)CC2)C1. The van der Waals surface area contributed by atoms with Crippen molar-refractivity contribution in [2.24, 2.45) is 11.3 Å². The van der Waals surface area contributed by atoms with Gasteiger partial charge in [-0.1, -0.05) is 37.3 Å². The first-order valence-electron chi connectivity index (χ1n) is 9.98. The summed E-state index contributed by atoms with van der Waals surface area (Å²) in [6.07, 6.45) is 4.30. The number of carbonyl (C=O) groups excluding carboxylic acids is 2. The Balaban J connectivity index is 1.36. The van der Waals surface area contributed by atoms with Gasteiger partial charge in [-0.2, -0.15) is 5.26 Å². The van der Waals surface area contributed by atoms with Crippen molar-refractivity contribution in [1.29, 1.82) is 5.26 Å². The van der Waals surface area contributed by atoms with E-state index in [1.165, 1.54) is 12.8 Å². The summed E-state index contributed by atoms with van der Waals surface area (Å²) >= 11 is 0. The fourth-order valence-corrected chi connectivity index (χ4v) is 4.86. The Bertz CT molecular complexity index is 772. The number of carbonyl (C=O) groups is 2. The quantitative estimate of drug-likeness (QED) is 0.824. The maximum atomic E-state index is 12.8. The van der Waals surface area contributed by atoms with Crippen molar-refractivity contribution in [2.45, 2.75) is 44.4 Å². The third kappa shape index (κ3) is 3.34. The Labute approximate surface area is 160 Å². The average molecular weight is 365 g/mol. The van der Waals surface area contributed by atoms with Crippen LogP contribution in [0.5, 0.6) is 0 Å². The largest absolute Gasteiger partial charge is 0.341 e. The van der Waals surface area contributed by atoms with Crippen LogP contribution in [0, 0.1) is 22.7 Å². The lowest BCUT2D eigenvalue weighted by molar-refractivity contribution is -0.139. The Morgan fingerprint density at radius 3 is 2.48 bits per heavy atom. The standard InChI is InChI=1S/C22H27N3O2/c1-21(17-7-8-17)13-19(26)25(16-21)14-20(27)24-11-9-22(15-23,10-12-24)18-5-3-2-4-6-18/h2-6,17H,7-14,16H2,1H3/t21-/m1/s1. The minimum absolute atomic E-state index is 0.0167. The van der Waals surface area contributed by atoms with Crippen LogP contribution in [0.1, 0.15) is 44.6 Å². The average Bonchev–Trinajstić information content (AvgIpc) is 3.50. The van der Waals surface area contributed by atoms with E-state index in [2.05, 4.69) is 13.0 Å². The van der Waals surface area contributed by atoms with Crippen LogP contribution >= 0.6 is 0 Å². The van der Waals surface area contributed by atoms with E-state index in [9.17, 15) is 14.9 Å². The summed E-state index contributed by atoms with van der Waals surface area (Å²) in [6, 6.07) is 12.4. The second-order valence-corrected chi connectivity index (χ2v) is 8.80. The highest BCUT2D eigenvalue weighted by atomic mass is 16.2. The monoisotopic (exact) mass is 365 g/mol. The first-order valence-corrected chi connectivity index (χ1v) is 9.98. The van der Waals surface area contributed by atoms with Crippen LogP contribution in [0.25, 0.3) is 0 Å². The molecular formula is C22H27N3O2. The molecule has 0 unspecified atom stereocenters. The van der Waals surface area contributed by atoms with Crippen LogP contribution in [-0.4, -0.2) is 47.8 Å². The molecule has 1 atom stereocenters. The molecule has 5 nitrogen and oxygen atoms in total. The second kappa shape index (κ2) is 6.67. The van der Waals surface area contributed by atoms with Gasteiger partial charge < -0.3 is 9.80 Å². The molecule has 2 aliphatic heterocycles. The number of hydrogen-bond acceptors (Lipinski definition) is 3. The number of likely N-dealkylation sites (tertiary alicyclic amines) is 2. The van der Waals surface area contributed by atoms with E-state index in [0.29, 0.717) is 44.8 Å². The van der Waals surface area contributed by atoms with Gasteiger partial charge in [0.2, 0.25) is 11.8 Å². The zero-order valence-electron chi connectivity index (χ0n) is 16.0. The Morgan fingerprint density at radius 2 is 1.89 bits per heavy atom. The van der Waals surface area contributed by atoms with Crippen molar-refractivity contribution in [2.75, 3.05) is 26.2 Å². The van der Waals surface area contributed by atoms with Crippen molar-refractivity contribution in [3.05, 3.63) is 35.9 Å². The highest BCUT2D eigenvalue weighted by molar-refractivity contribution is 5.86.